The number of carbonyl (C=O) groups is 3. The van der Waals surface area contributed by atoms with Crippen LogP contribution in [-0.4, -0.2) is 34.8 Å². The molecule has 29 heavy (non-hydrogen) atoms. The van der Waals surface area contributed by atoms with E-state index in [4.69, 9.17) is 0 Å². The molecule has 2 N–H and O–H groups in total. The van der Waals surface area contributed by atoms with Gasteiger partial charge in [-0.2, -0.15) is 0 Å². The van der Waals surface area contributed by atoms with Crippen molar-refractivity contribution in [3.8, 4) is 0 Å². The van der Waals surface area contributed by atoms with E-state index in [0.717, 1.165) is 6.42 Å². The van der Waals surface area contributed by atoms with Gasteiger partial charge in [0.15, 0.2) is 5.13 Å². The van der Waals surface area contributed by atoms with Crippen LogP contribution in [0.25, 0.3) is 0 Å². The van der Waals surface area contributed by atoms with Crippen LogP contribution >= 0.6 is 11.3 Å². The molecule has 0 saturated heterocycles. The third-order valence-corrected chi connectivity index (χ3v) is 5.04. The van der Waals surface area contributed by atoms with Gasteiger partial charge in [0, 0.05) is 35.6 Å². The molecular weight excluding hydrogens is 395 g/mol. The van der Waals surface area contributed by atoms with Gasteiger partial charge in [0.25, 0.3) is 0 Å². The molecule has 0 aliphatic heterocycles. The summed E-state index contributed by atoms with van der Waals surface area (Å²) in [4.78, 5) is 42.5. The Kier molecular flexibility index (Phi) is 7.83. The fourth-order valence-electron chi connectivity index (χ4n) is 2.42. The number of nitrogens with one attached hydrogen (secondary N) is 2. The van der Waals surface area contributed by atoms with Gasteiger partial charge in [-0.1, -0.05) is 6.92 Å². The minimum atomic E-state index is -0.444. The highest BCUT2D eigenvalue weighted by Gasteiger charge is 2.24. The Morgan fingerprint density at radius 1 is 1.14 bits per heavy atom. The number of halogens is 1. The van der Waals surface area contributed by atoms with Crippen molar-refractivity contribution >= 4 is 39.9 Å². The largest absolute Gasteiger partial charge is 0.350 e. The van der Waals surface area contributed by atoms with E-state index >= 15 is 0 Å². The molecule has 0 atom stereocenters. The first-order chi connectivity index (χ1) is 13.7. The van der Waals surface area contributed by atoms with Crippen molar-refractivity contribution in [3.05, 3.63) is 41.7 Å². The minimum Gasteiger partial charge on any atom is -0.350 e. The van der Waals surface area contributed by atoms with Gasteiger partial charge in [0.2, 0.25) is 17.7 Å². The van der Waals surface area contributed by atoms with Crippen molar-refractivity contribution in [3.63, 3.8) is 0 Å². The highest BCUT2D eigenvalue weighted by atomic mass is 32.1. The van der Waals surface area contributed by atoms with Crippen LogP contribution in [0.2, 0.25) is 0 Å². The van der Waals surface area contributed by atoms with Crippen molar-refractivity contribution in [2.75, 3.05) is 16.8 Å². The lowest BCUT2D eigenvalue weighted by atomic mass is 10.0. The van der Waals surface area contributed by atoms with Gasteiger partial charge >= 0.3 is 0 Å². The van der Waals surface area contributed by atoms with Crippen LogP contribution < -0.4 is 15.5 Å². The van der Waals surface area contributed by atoms with Crippen LogP contribution in [0.3, 0.4) is 0 Å². The van der Waals surface area contributed by atoms with Crippen molar-refractivity contribution in [2.45, 2.75) is 45.6 Å². The molecule has 0 spiro atoms. The fourth-order valence-corrected chi connectivity index (χ4v) is 2.96. The lowest BCUT2D eigenvalue weighted by Gasteiger charge is -2.28. The van der Waals surface area contributed by atoms with Gasteiger partial charge < -0.3 is 15.5 Å². The number of benzene rings is 1. The number of hydrogen-bond acceptors (Lipinski definition) is 5. The topological polar surface area (TPSA) is 91.4 Å². The highest BCUT2D eigenvalue weighted by Crippen LogP contribution is 2.18. The zero-order valence-electron chi connectivity index (χ0n) is 16.7. The molecule has 0 fully saturated rings. The number of hydrogen-bond donors (Lipinski definition) is 2. The molecular formula is C20H25FN4O3S. The number of carbonyl (C=O) groups excluding carboxylic acids is 3. The summed E-state index contributed by atoms with van der Waals surface area (Å²) in [5.41, 5.74) is -0.0245. The number of rotatable bonds is 9. The third kappa shape index (κ3) is 7.26. The Morgan fingerprint density at radius 3 is 2.41 bits per heavy atom. The van der Waals surface area contributed by atoms with E-state index < -0.39 is 17.3 Å². The Labute approximate surface area is 173 Å². The van der Waals surface area contributed by atoms with E-state index in [0.29, 0.717) is 10.8 Å². The summed E-state index contributed by atoms with van der Waals surface area (Å²) in [5, 5.41) is 7.67. The van der Waals surface area contributed by atoms with Crippen molar-refractivity contribution in [1.82, 2.24) is 10.3 Å². The van der Waals surface area contributed by atoms with E-state index in [1.807, 2.05) is 20.8 Å². The Bertz CT molecular complexity index is 838. The van der Waals surface area contributed by atoms with Crippen molar-refractivity contribution in [2.24, 2.45) is 0 Å². The lowest BCUT2D eigenvalue weighted by molar-refractivity contribution is -0.125. The standard InChI is InChI=1S/C20H25FN4O3S/c1-4-20(2,3)24-17(27)13-25(15-7-5-14(21)6-8-15)18(28)10-9-16(26)23-19-22-11-12-29-19/h5-8,11-12H,4,9-10,13H2,1-3H3,(H,24,27)(H,22,23,26). The minimum absolute atomic E-state index is 0.0574. The van der Waals surface area contributed by atoms with Crippen molar-refractivity contribution in [1.29, 1.82) is 0 Å². The SMILES string of the molecule is CCC(C)(C)NC(=O)CN(C(=O)CCC(=O)Nc1nccs1)c1ccc(F)cc1. The predicted octanol–water partition coefficient (Wildman–Crippen LogP) is 3.34. The molecule has 1 aromatic carbocycles. The maximum Gasteiger partial charge on any atom is 0.240 e. The lowest BCUT2D eigenvalue weighted by Crippen LogP contribution is -2.48. The summed E-state index contributed by atoms with van der Waals surface area (Å²) in [6.45, 7) is 5.50. The molecule has 156 valence electrons. The molecule has 0 aliphatic rings. The molecule has 1 heterocycles. The molecule has 0 aliphatic carbocycles. The summed E-state index contributed by atoms with van der Waals surface area (Å²) >= 11 is 1.28. The van der Waals surface area contributed by atoms with Crippen LogP contribution in [-0.2, 0) is 14.4 Å². The Balaban J connectivity index is 2.05. The maximum absolute atomic E-state index is 13.3. The van der Waals surface area contributed by atoms with Crippen LogP contribution in [0.15, 0.2) is 35.8 Å². The smallest absolute Gasteiger partial charge is 0.240 e. The number of anilines is 2. The number of amides is 3. The monoisotopic (exact) mass is 420 g/mol. The second kappa shape index (κ2) is 10.1. The second-order valence-electron chi connectivity index (χ2n) is 7.13. The molecule has 2 rings (SSSR count). The van der Waals surface area contributed by atoms with Gasteiger partial charge in [-0.05, 0) is 44.5 Å². The zero-order chi connectivity index (χ0) is 21.4. The first kappa shape index (κ1) is 22.5. The molecule has 3 amide bonds. The van der Waals surface area contributed by atoms with Crippen LogP contribution in [0.5, 0.6) is 0 Å². The summed E-state index contributed by atoms with van der Waals surface area (Å²) in [6.07, 6.45) is 2.13. The van der Waals surface area contributed by atoms with Crippen LogP contribution in [0.4, 0.5) is 15.2 Å². The van der Waals surface area contributed by atoms with E-state index in [1.165, 1.54) is 40.5 Å². The molecule has 0 saturated carbocycles. The average molecular weight is 421 g/mol. The van der Waals surface area contributed by atoms with E-state index in [1.54, 1.807) is 11.6 Å². The number of aromatic nitrogens is 1. The van der Waals surface area contributed by atoms with Gasteiger partial charge in [-0.15, -0.1) is 11.3 Å². The fraction of sp³-hybridized carbons (Fsp3) is 0.400. The molecule has 7 nitrogen and oxygen atoms in total. The first-order valence-electron chi connectivity index (χ1n) is 9.26. The Hall–Kier alpha value is -2.81. The highest BCUT2D eigenvalue weighted by molar-refractivity contribution is 7.13. The quantitative estimate of drug-likeness (QED) is 0.651. The summed E-state index contributed by atoms with van der Waals surface area (Å²) in [6, 6.07) is 5.31. The van der Waals surface area contributed by atoms with Gasteiger partial charge in [0.1, 0.15) is 12.4 Å². The Morgan fingerprint density at radius 2 is 1.83 bits per heavy atom. The molecule has 2 aromatic rings. The van der Waals surface area contributed by atoms with Crippen molar-refractivity contribution < 1.29 is 18.8 Å². The summed E-state index contributed by atoms with van der Waals surface area (Å²) < 4.78 is 13.3. The second-order valence-corrected chi connectivity index (χ2v) is 8.02. The summed E-state index contributed by atoms with van der Waals surface area (Å²) in [5.74, 6) is -1.53. The molecule has 0 radical (unpaired) electrons. The zero-order valence-corrected chi connectivity index (χ0v) is 17.5. The van der Waals surface area contributed by atoms with E-state index in [2.05, 4.69) is 15.6 Å². The van der Waals surface area contributed by atoms with Gasteiger partial charge in [-0.25, -0.2) is 9.37 Å². The van der Waals surface area contributed by atoms with E-state index in [9.17, 15) is 18.8 Å². The predicted molar refractivity (Wildman–Crippen MR) is 111 cm³/mol. The number of thiazole rings is 1. The van der Waals surface area contributed by atoms with Crippen LogP contribution in [0, 0.1) is 5.82 Å². The third-order valence-electron chi connectivity index (χ3n) is 4.35. The molecule has 0 bridgehead atoms. The number of nitrogens with zero attached hydrogens (tertiary/aromatic N) is 2. The van der Waals surface area contributed by atoms with Gasteiger partial charge in [0.05, 0.1) is 0 Å². The normalized spacial score (nSPS) is 11.0. The molecule has 9 heteroatoms. The van der Waals surface area contributed by atoms with Gasteiger partial charge in [-0.3, -0.25) is 14.4 Å². The molecule has 1 aromatic heterocycles. The summed E-state index contributed by atoms with van der Waals surface area (Å²) in [7, 11) is 0. The molecule has 0 unspecified atom stereocenters. The average Bonchev–Trinajstić information content (AvgIpc) is 3.17. The van der Waals surface area contributed by atoms with E-state index in [-0.39, 0.29) is 31.2 Å². The van der Waals surface area contributed by atoms with Crippen LogP contribution in [0.1, 0.15) is 40.0 Å². The first-order valence-corrected chi connectivity index (χ1v) is 10.1. The maximum atomic E-state index is 13.3.